The highest BCUT2D eigenvalue weighted by atomic mass is 16.6. The largest absolute Gasteiger partial charge is 0.508 e. The van der Waals surface area contributed by atoms with Gasteiger partial charge in [0.25, 0.3) is 0 Å². The Hall–Kier alpha value is -2.32. The van der Waals surface area contributed by atoms with E-state index in [1.165, 1.54) is 19.2 Å². The number of carbonyl (C=O) groups excluding carboxylic acids is 2. The van der Waals surface area contributed by atoms with E-state index in [0.29, 0.717) is 0 Å². The van der Waals surface area contributed by atoms with Crippen molar-refractivity contribution in [3.8, 4) is 5.75 Å². The fourth-order valence-electron chi connectivity index (χ4n) is 2.20. The van der Waals surface area contributed by atoms with Gasteiger partial charge in [-0.15, -0.1) is 0 Å². The standard InChI is InChI=1S/C18H28N2O6/c1-11(16(23)25-5)19-15(22)14(20-17(24)26-18(2,3)4)10-12-6-8-13(21)9-7-12/h6-9,11,14-15,19,21-22H,10H2,1-5H3,(H,20,24). The smallest absolute Gasteiger partial charge is 0.408 e. The Bertz CT molecular complexity index is 597. The van der Waals surface area contributed by atoms with Gasteiger partial charge in [-0.3, -0.25) is 10.1 Å². The van der Waals surface area contributed by atoms with Crippen molar-refractivity contribution >= 4 is 12.1 Å². The van der Waals surface area contributed by atoms with Gasteiger partial charge in [0.2, 0.25) is 0 Å². The van der Waals surface area contributed by atoms with Gasteiger partial charge in [0, 0.05) is 0 Å². The van der Waals surface area contributed by atoms with E-state index in [1.54, 1.807) is 39.8 Å². The maximum absolute atomic E-state index is 12.1. The van der Waals surface area contributed by atoms with E-state index in [0.717, 1.165) is 5.56 Å². The summed E-state index contributed by atoms with van der Waals surface area (Å²) in [6.07, 6.45) is -1.67. The van der Waals surface area contributed by atoms with Gasteiger partial charge in [-0.1, -0.05) is 12.1 Å². The number of rotatable bonds is 7. The number of phenolic OH excluding ortho intramolecular Hbond substituents is 1. The van der Waals surface area contributed by atoms with Crippen LogP contribution in [0.3, 0.4) is 0 Å². The molecule has 0 aliphatic carbocycles. The zero-order valence-electron chi connectivity index (χ0n) is 15.8. The molecule has 0 heterocycles. The highest BCUT2D eigenvalue weighted by molar-refractivity contribution is 5.75. The molecule has 0 bridgehead atoms. The van der Waals surface area contributed by atoms with E-state index in [9.17, 15) is 19.8 Å². The van der Waals surface area contributed by atoms with Crippen molar-refractivity contribution in [1.29, 1.82) is 0 Å². The fraction of sp³-hybridized carbons (Fsp3) is 0.556. The Morgan fingerprint density at radius 3 is 2.27 bits per heavy atom. The van der Waals surface area contributed by atoms with Crippen LogP contribution in [0.1, 0.15) is 33.3 Å². The maximum atomic E-state index is 12.1. The molecule has 0 spiro atoms. The third-order valence-corrected chi connectivity index (χ3v) is 3.45. The number of aromatic hydroxyl groups is 1. The molecule has 4 N–H and O–H groups in total. The first-order chi connectivity index (χ1) is 12.0. The number of alkyl carbamates (subject to hydrolysis) is 1. The van der Waals surface area contributed by atoms with Crippen LogP contribution in [-0.2, 0) is 20.7 Å². The van der Waals surface area contributed by atoms with Gasteiger partial charge in [-0.25, -0.2) is 4.79 Å². The summed E-state index contributed by atoms with van der Waals surface area (Å²) >= 11 is 0. The topological polar surface area (TPSA) is 117 Å². The molecule has 0 radical (unpaired) electrons. The average Bonchev–Trinajstić information content (AvgIpc) is 2.53. The van der Waals surface area contributed by atoms with Gasteiger partial charge >= 0.3 is 12.1 Å². The zero-order chi connectivity index (χ0) is 19.9. The second kappa shape index (κ2) is 9.40. The van der Waals surface area contributed by atoms with Crippen LogP contribution in [0.15, 0.2) is 24.3 Å². The SMILES string of the molecule is COC(=O)C(C)NC(O)C(Cc1ccc(O)cc1)NC(=O)OC(C)(C)C. The predicted octanol–water partition coefficient (Wildman–Crippen LogP) is 1.30. The van der Waals surface area contributed by atoms with Gasteiger partial charge in [-0.05, 0) is 51.8 Å². The normalized spacial score (nSPS) is 14.8. The summed E-state index contributed by atoms with van der Waals surface area (Å²) in [7, 11) is 1.25. The van der Waals surface area contributed by atoms with Crippen molar-refractivity contribution in [1.82, 2.24) is 10.6 Å². The van der Waals surface area contributed by atoms with Gasteiger partial charge < -0.3 is 25.0 Å². The Balaban J connectivity index is 2.87. The van der Waals surface area contributed by atoms with Gasteiger partial charge in [0.15, 0.2) is 0 Å². The molecule has 26 heavy (non-hydrogen) atoms. The predicted molar refractivity (Wildman–Crippen MR) is 95.6 cm³/mol. The summed E-state index contributed by atoms with van der Waals surface area (Å²) in [5.41, 5.74) is 0.0839. The first-order valence-electron chi connectivity index (χ1n) is 8.31. The third kappa shape index (κ3) is 7.71. The summed E-state index contributed by atoms with van der Waals surface area (Å²) in [5, 5.41) is 25.1. The van der Waals surface area contributed by atoms with Crippen molar-refractivity contribution in [3.63, 3.8) is 0 Å². The van der Waals surface area contributed by atoms with Gasteiger partial charge in [0.05, 0.1) is 13.2 Å². The number of nitrogens with one attached hydrogen (secondary N) is 2. The number of esters is 1. The Morgan fingerprint density at radius 2 is 1.77 bits per heavy atom. The minimum Gasteiger partial charge on any atom is -0.508 e. The Kier molecular flexibility index (Phi) is 7.85. The molecule has 8 nitrogen and oxygen atoms in total. The summed E-state index contributed by atoms with van der Waals surface area (Å²) in [6.45, 7) is 6.74. The van der Waals surface area contributed by atoms with Crippen molar-refractivity contribution in [2.45, 2.75) is 58.0 Å². The minimum absolute atomic E-state index is 0.114. The van der Waals surface area contributed by atoms with Crippen LogP contribution in [-0.4, -0.2) is 53.3 Å². The summed E-state index contributed by atoms with van der Waals surface area (Å²) in [5.74, 6) is -0.423. The van der Waals surface area contributed by atoms with Crippen molar-refractivity contribution in [3.05, 3.63) is 29.8 Å². The molecular weight excluding hydrogens is 340 g/mol. The molecule has 8 heteroatoms. The number of phenols is 1. The molecule has 1 rings (SSSR count). The summed E-state index contributed by atoms with van der Waals surface area (Å²) in [4.78, 5) is 23.6. The van der Waals surface area contributed by atoms with Crippen molar-refractivity contribution < 1.29 is 29.3 Å². The summed E-state index contributed by atoms with van der Waals surface area (Å²) in [6, 6.07) is 4.83. The van der Waals surface area contributed by atoms with E-state index in [4.69, 9.17) is 4.74 Å². The first kappa shape index (κ1) is 21.7. The molecule has 0 fully saturated rings. The summed E-state index contributed by atoms with van der Waals surface area (Å²) < 4.78 is 9.85. The second-order valence-corrected chi connectivity index (χ2v) is 6.98. The van der Waals surface area contributed by atoms with E-state index in [1.807, 2.05) is 0 Å². The van der Waals surface area contributed by atoms with Crippen LogP contribution >= 0.6 is 0 Å². The lowest BCUT2D eigenvalue weighted by Crippen LogP contribution is -2.55. The van der Waals surface area contributed by atoms with Crippen LogP contribution in [0.5, 0.6) is 5.75 Å². The first-order valence-corrected chi connectivity index (χ1v) is 8.31. The highest BCUT2D eigenvalue weighted by Crippen LogP contribution is 2.13. The molecular formula is C18H28N2O6. The number of benzene rings is 1. The number of hydrogen-bond donors (Lipinski definition) is 4. The van der Waals surface area contributed by atoms with E-state index < -0.39 is 36.0 Å². The number of ether oxygens (including phenoxy) is 2. The lowest BCUT2D eigenvalue weighted by Gasteiger charge is -2.28. The number of amides is 1. The second-order valence-electron chi connectivity index (χ2n) is 6.98. The van der Waals surface area contributed by atoms with Crippen LogP contribution in [0.2, 0.25) is 0 Å². The molecule has 3 atom stereocenters. The van der Waals surface area contributed by atoms with E-state index in [-0.39, 0.29) is 12.2 Å². The number of aliphatic hydroxyl groups is 1. The Morgan fingerprint density at radius 1 is 1.19 bits per heavy atom. The molecule has 0 saturated carbocycles. The molecule has 1 aromatic carbocycles. The monoisotopic (exact) mass is 368 g/mol. The molecule has 1 amide bonds. The number of hydrogen-bond acceptors (Lipinski definition) is 7. The highest BCUT2D eigenvalue weighted by Gasteiger charge is 2.27. The van der Waals surface area contributed by atoms with Crippen LogP contribution in [0, 0.1) is 0 Å². The zero-order valence-corrected chi connectivity index (χ0v) is 15.8. The Labute approximate surface area is 153 Å². The number of carbonyl (C=O) groups is 2. The molecule has 0 aliphatic heterocycles. The molecule has 0 saturated heterocycles. The minimum atomic E-state index is -1.23. The molecule has 0 aliphatic rings. The molecule has 1 aromatic rings. The fourth-order valence-corrected chi connectivity index (χ4v) is 2.20. The van der Waals surface area contributed by atoms with Crippen LogP contribution < -0.4 is 10.6 Å². The van der Waals surface area contributed by atoms with Gasteiger partial charge in [0.1, 0.15) is 23.6 Å². The lowest BCUT2D eigenvalue weighted by molar-refractivity contribution is -0.143. The van der Waals surface area contributed by atoms with Crippen LogP contribution in [0.4, 0.5) is 4.79 Å². The molecule has 146 valence electrons. The lowest BCUT2D eigenvalue weighted by atomic mass is 10.0. The van der Waals surface area contributed by atoms with Crippen LogP contribution in [0.25, 0.3) is 0 Å². The van der Waals surface area contributed by atoms with Gasteiger partial charge in [-0.2, -0.15) is 0 Å². The molecule has 3 unspecified atom stereocenters. The van der Waals surface area contributed by atoms with Crippen molar-refractivity contribution in [2.24, 2.45) is 0 Å². The quantitative estimate of drug-likeness (QED) is 0.423. The van der Waals surface area contributed by atoms with Crippen molar-refractivity contribution in [2.75, 3.05) is 7.11 Å². The number of aliphatic hydroxyl groups excluding tert-OH is 1. The number of methoxy groups -OCH3 is 1. The van der Waals surface area contributed by atoms with E-state index in [2.05, 4.69) is 15.4 Å². The third-order valence-electron chi connectivity index (χ3n) is 3.45. The average molecular weight is 368 g/mol. The maximum Gasteiger partial charge on any atom is 0.408 e. The van der Waals surface area contributed by atoms with E-state index >= 15 is 0 Å². The molecule has 0 aromatic heterocycles.